The van der Waals surface area contributed by atoms with Crippen molar-refractivity contribution in [3.05, 3.63) is 24.0 Å². The lowest BCUT2D eigenvalue weighted by Gasteiger charge is -2.07. The molecule has 0 atom stereocenters. The average molecular weight is 265 g/mol. The highest BCUT2D eigenvalue weighted by Gasteiger charge is 2.03. The second-order valence-corrected chi connectivity index (χ2v) is 4.42. The molecule has 0 fully saturated rings. The van der Waals surface area contributed by atoms with Crippen LogP contribution in [0.2, 0.25) is 0 Å². The van der Waals surface area contributed by atoms with Gasteiger partial charge in [-0.25, -0.2) is 15.8 Å². The number of anilines is 2. The number of nitrogens with zero attached hydrogens (tertiary/aromatic N) is 4. The molecule has 18 heavy (non-hydrogen) atoms. The van der Waals surface area contributed by atoms with Crippen LogP contribution in [0.1, 0.15) is 5.56 Å². The van der Waals surface area contributed by atoms with Gasteiger partial charge < -0.3 is 10.7 Å². The molecule has 2 aromatic heterocycles. The fourth-order valence-electron chi connectivity index (χ4n) is 1.44. The van der Waals surface area contributed by atoms with E-state index < -0.39 is 0 Å². The van der Waals surface area contributed by atoms with Crippen molar-refractivity contribution in [1.29, 1.82) is 0 Å². The van der Waals surface area contributed by atoms with Crippen molar-refractivity contribution in [3.63, 3.8) is 0 Å². The Morgan fingerprint density at radius 3 is 2.78 bits per heavy atom. The smallest absolute Gasteiger partial charge is 0.191 e. The fourth-order valence-corrected chi connectivity index (χ4v) is 1.82. The Bertz CT molecular complexity index is 502. The Kier molecular flexibility index (Phi) is 4.00. The van der Waals surface area contributed by atoms with E-state index >= 15 is 0 Å². The van der Waals surface area contributed by atoms with Gasteiger partial charge in [0.05, 0.1) is 6.20 Å². The van der Waals surface area contributed by atoms with E-state index in [1.54, 1.807) is 10.7 Å². The summed E-state index contributed by atoms with van der Waals surface area (Å²) < 4.78 is 1.76. The summed E-state index contributed by atoms with van der Waals surface area (Å²) in [6.07, 6.45) is 5.68. The lowest BCUT2D eigenvalue weighted by atomic mass is 10.3. The van der Waals surface area contributed by atoms with Crippen LogP contribution in [0.25, 0.3) is 0 Å². The van der Waals surface area contributed by atoms with Crippen LogP contribution >= 0.6 is 11.8 Å². The highest BCUT2D eigenvalue weighted by Crippen LogP contribution is 2.17. The van der Waals surface area contributed by atoms with E-state index in [9.17, 15) is 0 Å². The summed E-state index contributed by atoms with van der Waals surface area (Å²) in [6, 6.07) is 1.76. The maximum atomic E-state index is 5.36. The van der Waals surface area contributed by atoms with Crippen LogP contribution in [0.4, 0.5) is 11.6 Å². The first-order valence-electron chi connectivity index (χ1n) is 5.32. The lowest BCUT2D eigenvalue weighted by molar-refractivity contribution is 0.767. The molecule has 0 bridgehead atoms. The number of hydrogen-bond acceptors (Lipinski definition) is 7. The van der Waals surface area contributed by atoms with E-state index in [1.807, 2.05) is 25.7 Å². The number of nitrogens with two attached hydrogens (primary N) is 1. The summed E-state index contributed by atoms with van der Waals surface area (Å²) in [5.41, 5.74) is 3.61. The lowest BCUT2D eigenvalue weighted by Crippen LogP contribution is -2.11. The third kappa shape index (κ3) is 3.11. The van der Waals surface area contributed by atoms with Gasteiger partial charge in [-0.1, -0.05) is 11.8 Å². The van der Waals surface area contributed by atoms with E-state index in [-0.39, 0.29) is 0 Å². The number of hydrogen-bond donors (Lipinski definition) is 3. The molecule has 0 spiro atoms. The molecule has 2 rings (SSSR count). The summed E-state index contributed by atoms with van der Waals surface area (Å²) >= 11 is 1.46. The number of aromatic nitrogens is 4. The van der Waals surface area contributed by atoms with E-state index in [2.05, 4.69) is 25.8 Å². The van der Waals surface area contributed by atoms with Crippen molar-refractivity contribution in [2.24, 2.45) is 12.9 Å². The molecule has 0 radical (unpaired) electrons. The van der Waals surface area contributed by atoms with Crippen molar-refractivity contribution in [1.82, 2.24) is 19.7 Å². The van der Waals surface area contributed by atoms with Crippen LogP contribution in [0.3, 0.4) is 0 Å². The molecule has 0 saturated heterocycles. The number of nitrogens with one attached hydrogen (secondary N) is 2. The monoisotopic (exact) mass is 265 g/mol. The number of aryl methyl sites for hydroxylation is 1. The normalized spacial score (nSPS) is 10.4. The van der Waals surface area contributed by atoms with Crippen molar-refractivity contribution in [3.8, 4) is 0 Å². The van der Waals surface area contributed by atoms with E-state index in [4.69, 9.17) is 5.84 Å². The van der Waals surface area contributed by atoms with Gasteiger partial charge in [0, 0.05) is 31.4 Å². The highest BCUT2D eigenvalue weighted by atomic mass is 32.2. The molecule has 2 aromatic rings. The summed E-state index contributed by atoms with van der Waals surface area (Å²) in [5.74, 6) is 6.68. The minimum absolute atomic E-state index is 0.586. The van der Waals surface area contributed by atoms with Crippen LogP contribution < -0.4 is 16.6 Å². The van der Waals surface area contributed by atoms with Gasteiger partial charge in [-0.2, -0.15) is 5.10 Å². The van der Waals surface area contributed by atoms with Crippen LogP contribution in [0.5, 0.6) is 0 Å². The third-order valence-corrected chi connectivity index (χ3v) is 2.82. The molecule has 0 aliphatic rings. The van der Waals surface area contributed by atoms with Crippen molar-refractivity contribution < 1.29 is 0 Å². The SMILES string of the molecule is CSc1nc(NN)cc(NCc2cnn(C)c2)n1. The van der Waals surface area contributed by atoms with Crippen LogP contribution in [-0.2, 0) is 13.6 Å². The number of hydrazine groups is 1. The molecule has 2 heterocycles. The molecule has 7 nitrogen and oxygen atoms in total. The number of rotatable bonds is 5. The molecule has 0 amide bonds. The van der Waals surface area contributed by atoms with E-state index in [1.165, 1.54) is 11.8 Å². The van der Waals surface area contributed by atoms with Gasteiger partial charge in [0.2, 0.25) is 0 Å². The Balaban J connectivity index is 2.08. The quantitative estimate of drug-likeness (QED) is 0.319. The second kappa shape index (κ2) is 5.69. The zero-order valence-corrected chi connectivity index (χ0v) is 11.0. The van der Waals surface area contributed by atoms with Gasteiger partial charge in [0.1, 0.15) is 11.6 Å². The fraction of sp³-hybridized carbons (Fsp3) is 0.300. The first-order valence-corrected chi connectivity index (χ1v) is 6.55. The average Bonchev–Trinajstić information content (AvgIpc) is 2.81. The third-order valence-electron chi connectivity index (χ3n) is 2.27. The molecule has 0 unspecified atom stereocenters. The summed E-state index contributed by atoms with van der Waals surface area (Å²) in [6.45, 7) is 0.655. The van der Waals surface area contributed by atoms with Crippen LogP contribution in [0, 0.1) is 0 Å². The highest BCUT2D eigenvalue weighted by molar-refractivity contribution is 7.98. The van der Waals surface area contributed by atoms with Crippen molar-refractivity contribution in [2.75, 3.05) is 17.0 Å². The topological polar surface area (TPSA) is 93.7 Å². The van der Waals surface area contributed by atoms with Gasteiger partial charge in [-0.15, -0.1) is 0 Å². The zero-order chi connectivity index (χ0) is 13.0. The first-order chi connectivity index (χ1) is 8.71. The Morgan fingerprint density at radius 2 is 2.17 bits per heavy atom. The standard InChI is InChI=1S/C10H15N7S/c1-17-6-7(5-13-17)4-12-8-3-9(16-11)15-10(14-8)18-2/h3,5-6H,4,11H2,1-2H3,(H2,12,14,15,16). The summed E-state index contributed by atoms with van der Waals surface area (Å²) in [7, 11) is 1.89. The first kappa shape index (κ1) is 12.7. The molecular weight excluding hydrogens is 250 g/mol. The van der Waals surface area contributed by atoms with Gasteiger partial charge in [-0.3, -0.25) is 4.68 Å². The van der Waals surface area contributed by atoms with Gasteiger partial charge in [0.25, 0.3) is 0 Å². The van der Waals surface area contributed by atoms with E-state index in [0.29, 0.717) is 17.5 Å². The Hall–Kier alpha value is -1.80. The van der Waals surface area contributed by atoms with Crippen LogP contribution in [-0.4, -0.2) is 26.0 Å². The molecule has 0 aliphatic carbocycles. The molecule has 4 N–H and O–H groups in total. The second-order valence-electron chi connectivity index (χ2n) is 3.65. The van der Waals surface area contributed by atoms with Gasteiger partial charge in [0.15, 0.2) is 5.16 Å². The molecule has 96 valence electrons. The van der Waals surface area contributed by atoms with Gasteiger partial charge in [-0.05, 0) is 6.26 Å². The molecule has 0 aromatic carbocycles. The summed E-state index contributed by atoms with van der Waals surface area (Å²) in [5, 5.41) is 7.98. The largest absolute Gasteiger partial charge is 0.366 e. The molecular formula is C10H15N7S. The van der Waals surface area contributed by atoms with Gasteiger partial charge >= 0.3 is 0 Å². The van der Waals surface area contributed by atoms with Crippen molar-refractivity contribution >= 4 is 23.4 Å². The minimum atomic E-state index is 0.586. The summed E-state index contributed by atoms with van der Waals surface area (Å²) in [4.78, 5) is 8.53. The predicted octanol–water partition coefficient (Wildman–Crippen LogP) is 0.830. The minimum Gasteiger partial charge on any atom is -0.366 e. The maximum absolute atomic E-state index is 5.36. The zero-order valence-electron chi connectivity index (χ0n) is 10.2. The van der Waals surface area contributed by atoms with Crippen molar-refractivity contribution in [2.45, 2.75) is 11.7 Å². The van der Waals surface area contributed by atoms with E-state index in [0.717, 1.165) is 11.4 Å². The number of nitrogen functional groups attached to an aromatic ring is 1. The molecule has 8 heteroatoms. The number of thioether (sulfide) groups is 1. The Labute approximate surface area is 109 Å². The molecule has 0 aliphatic heterocycles. The Morgan fingerprint density at radius 1 is 1.39 bits per heavy atom. The van der Waals surface area contributed by atoms with Crippen LogP contribution in [0.15, 0.2) is 23.6 Å². The predicted molar refractivity (Wildman–Crippen MR) is 72.2 cm³/mol. The molecule has 0 saturated carbocycles. The maximum Gasteiger partial charge on any atom is 0.191 e.